The van der Waals surface area contributed by atoms with Crippen LogP contribution in [0.5, 0.6) is 0 Å². The van der Waals surface area contributed by atoms with Crippen molar-refractivity contribution in [3.63, 3.8) is 0 Å². The fraction of sp³-hybridized carbons (Fsp3) is 0.0400. The zero-order valence-corrected chi connectivity index (χ0v) is 36.1. The van der Waals surface area contributed by atoms with E-state index in [1.165, 1.54) is 76.1 Å². The fourth-order valence-corrected chi connectivity index (χ4v) is 10.9. The van der Waals surface area contributed by atoms with Crippen molar-refractivity contribution < 1.29 is 48.1 Å². The maximum absolute atomic E-state index is 4.57. The molecule has 0 spiro atoms. The number of nitrogens with zero attached hydrogens (tertiary/aromatic N) is 2. The van der Waals surface area contributed by atoms with E-state index in [0.29, 0.717) is 0 Å². The maximum atomic E-state index is 4.57. The van der Waals surface area contributed by atoms with Crippen molar-refractivity contribution in [1.29, 1.82) is 0 Å². The molecule has 272 valence electrons. The van der Waals surface area contributed by atoms with Gasteiger partial charge in [-0.3, -0.25) is 9.97 Å². The van der Waals surface area contributed by atoms with Crippen LogP contribution in [-0.4, -0.2) is 15.4 Å². The number of pyridine rings is 2. The first kappa shape index (κ1) is 40.7. The molecule has 0 amide bonds. The van der Waals surface area contributed by atoms with Crippen molar-refractivity contribution in [2.24, 2.45) is 0 Å². The Morgan fingerprint density at radius 2 is 0.839 bits per heavy atom. The SMILES string of the molecule is Cc1cc2c(-c3cnc4ccccc4c3)cccc2[cH-]1.Cc1cc2c(-c3cnc4ccccc4c3)cccc2[cH-]1.[Cl-].[Cl-].[Zr+2]=[Si](c1ccccc1)c1ccccc1. The molecule has 56 heavy (non-hydrogen) atoms. The number of hydrogen-bond donors (Lipinski definition) is 0. The molecule has 0 unspecified atom stereocenters. The number of benzene rings is 6. The van der Waals surface area contributed by atoms with Gasteiger partial charge in [-0.05, 0) is 35.4 Å². The third-order valence-electron chi connectivity index (χ3n) is 9.72. The van der Waals surface area contributed by atoms with Gasteiger partial charge >= 0.3 is 99.8 Å². The zero-order chi connectivity index (χ0) is 36.9. The van der Waals surface area contributed by atoms with Crippen LogP contribution in [-0.2, 0) is 23.3 Å². The summed E-state index contributed by atoms with van der Waals surface area (Å²) in [5.74, 6) is 0. The molecule has 2 heterocycles. The third-order valence-corrected chi connectivity index (χ3v) is 15.8. The monoisotopic (exact) mass is 854 g/mol. The van der Waals surface area contributed by atoms with E-state index in [4.69, 9.17) is 0 Å². The van der Waals surface area contributed by atoms with Gasteiger partial charge in [-0.2, -0.15) is 12.1 Å². The molecule has 0 radical (unpaired) electrons. The molecule has 10 aromatic rings. The van der Waals surface area contributed by atoms with Crippen molar-refractivity contribution in [3.8, 4) is 22.3 Å². The average molecular weight is 857 g/mol. The first-order valence-corrected chi connectivity index (χ1v) is 23.4. The van der Waals surface area contributed by atoms with E-state index < -0.39 is 5.43 Å². The Hall–Kier alpha value is -4.96. The van der Waals surface area contributed by atoms with Gasteiger partial charge in [0, 0.05) is 23.2 Å². The second-order valence-corrected chi connectivity index (χ2v) is 19.2. The number of halogens is 2. The molecule has 0 N–H and O–H groups in total. The molecule has 0 bridgehead atoms. The van der Waals surface area contributed by atoms with Gasteiger partial charge in [0.05, 0.1) is 11.0 Å². The Labute approximate surface area is 356 Å². The molecule has 0 saturated heterocycles. The van der Waals surface area contributed by atoms with E-state index in [-0.39, 0.29) is 24.8 Å². The van der Waals surface area contributed by atoms with Gasteiger partial charge in [0.25, 0.3) is 0 Å². The molecule has 0 fully saturated rings. The fourth-order valence-electron chi connectivity index (χ4n) is 7.09. The molecular weight excluding hydrogens is 819 g/mol. The summed E-state index contributed by atoms with van der Waals surface area (Å²) in [6.45, 7) is 4.28. The van der Waals surface area contributed by atoms with Crippen molar-refractivity contribution in [3.05, 3.63) is 206 Å². The van der Waals surface area contributed by atoms with Crippen LogP contribution in [0, 0.1) is 13.8 Å². The summed E-state index contributed by atoms with van der Waals surface area (Å²) in [6.07, 6.45) is 3.94. The summed E-state index contributed by atoms with van der Waals surface area (Å²) in [5.41, 5.74) is 9.12. The van der Waals surface area contributed by atoms with Crippen LogP contribution in [0.2, 0.25) is 0 Å². The molecule has 10 rings (SSSR count). The van der Waals surface area contributed by atoms with Gasteiger partial charge in [0.15, 0.2) is 0 Å². The van der Waals surface area contributed by atoms with Gasteiger partial charge in [-0.1, -0.05) is 73.5 Å². The first-order valence-electron chi connectivity index (χ1n) is 18.2. The van der Waals surface area contributed by atoms with Crippen LogP contribution in [0.25, 0.3) is 65.6 Å². The number of aryl methyl sites for hydroxylation is 2. The van der Waals surface area contributed by atoms with Crippen LogP contribution in [0.3, 0.4) is 0 Å². The van der Waals surface area contributed by atoms with Crippen LogP contribution >= 0.6 is 0 Å². The molecule has 6 heteroatoms. The predicted molar refractivity (Wildman–Crippen MR) is 228 cm³/mol. The second-order valence-electron chi connectivity index (χ2n) is 13.6. The van der Waals surface area contributed by atoms with Crippen molar-refractivity contribution in [2.75, 3.05) is 0 Å². The minimum atomic E-state index is -0.455. The zero-order valence-electron chi connectivity index (χ0n) is 31.1. The first-order chi connectivity index (χ1) is 26.5. The van der Waals surface area contributed by atoms with Gasteiger partial charge in [0.1, 0.15) is 0 Å². The average Bonchev–Trinajstić information content (AvgIpc) is 3.82. The third kappa shape index (κ3) is 9.18. The summed E-state index contributed by atoms with van der Waals surface area (Å²) in [7, 11) is 0. The molecule has 0 aliphatic rings. The van der Waals surface area contributed by atoms with Gasteiger partial charge in [0.2, 0.25) is 0 Å². The van der Waals surface area contributed by atoms with Crippen LogP contribution < -0.4 is 35.2 Å². The molecule has 0 saturated carbocycles. The molecule has 2 nitrogen and oxygen atoms in total. The van der Waals surface area contributed by atoms with E-state index in [2.05, 4.69) is 182 Å². The quantitative estimate of drug-likeness (QED) is 0.173. The minimum absolute atomic E-state index is 0. The number of rotatable bonds is 4. The summed E-state index contributed by atoms with van der Waals surface area (Å²) in [5, 5.41) is 10.6. The molecular formula is C50H38Cl2N2SiZr-2. The molecule has 0 atom stereocenters. The standard InChI is InChI=1S/2C19H14N.C12H10Si.2ClH.Zr/c2*1-13-9-14-6-4-7-17(18(14)10-13)16-11-15-5-2-3-8-19(15)20-12-16;1-3-7-11(8-4-1)13-12-9-5-2-6-10-12;;;/h2*2-12H,1H3;1-10H;2*1H;/q2*-1;;;;+2/p-2. The molecule has 2 aromatic heterocycles. The summed E-state index contributed by atoms with van der Waals surface area (Å²) in [6, 6.07) is 64.5. The topological polar surface area (TPSA) is 25.8 Å². The van der Waals surface area contributed by atoms with E-state index in [9.17, 15) is 0 Å². The van der Waals surface area contributed by atoms with Crippen LogP contribution in [0.1, 0.15) is 11.1 Å². The summed E-state index contributed by atoms with van der Waals surface area (Å²) in [4.78, 5) is 9.14. The Kier molecular flexibility index (Phi) is 13.7. The number of aromatic nitrogens is 2. The van der Waals surface area contributed by atoms with Crippen molar-refractivity contribution in [2.45, 2.75) is 13.8 Å². The van der Waals surface area contributed by atoms with E-state index in [1.54, 1.807) is 23.3 Å². The van der Waals surface area contributed by atoms with Gasteiger partial charge in [-0.15, -0.1) is 69.1 Å². The summed E-state index contributed by atoms with van der Waals surface area (Å²) < 4.78 is 0. The van der Waals surface area contributed by atoms with Gasteiger partial charge in [-0.25, -0.2) is 0 Å². The summed E-state index contributed by atoms with van der Waals surface area (Å²) >= 11 is 1.64. The van der Waals surface area contributed by atoms with Crippen LogP contribution in [0.4, 0.5) is 0 Å². The van der Waals surface area contributed by atoms with E-state index in [1.807, 2.05) is 36.7 Å². The van der Waals surface area contributed by atoms with Crippen LogP contribution in [0.15, 0.2) is 194 Å². The number of hydrogen-bond acceptors (Lipinski definition) is 2. The predicted octanol–water partition coefficient (Wildman–Crippen LogP) is 5.51. The molecule has 8 aromatic carbocycles. The Bertz CT molecular complexity index is 2690. The van der Waals surface area contributed by atoms with E-state index >= 15 is 0 Å². The normalized spacial score (nSPS) is 10.5. The number of para-hydroxylation sites is 2. The molecule has 0 aliphatic heterocycles. The molecule has 0 aliphatic carbocycles. The van der Waals surface area contributed by atoms with Crippen molar-refractivity contribution in [1.82, 2.24) is 9.97 Å². The van der Waals surface area contributed by atoms with Gasteiger partial charge < -0.3 is 24.8 Å². The Balaban J connectivity index is 0.000000142. The second kappa shape index (κ2) is 18.8. The number of fused-ring (bicyclic) bond motifs is 4. The Morgan fingerprint density at radius 1 is 0.446 bits per heavy atom. The van der Waals surface area contributed by atoms with E-state index in [0.717, 1.165) is 11.0 Å². The Morgan fingerprint density at radius 3 is 1.27 bits per heavy atom. The van der Waals surface area contributed by atoms with Crippen molar-refractivity contribution >= 4 is 59.2 Å².